The maximum atomic E-state index is 13.9. The van der Waals surface area contributed by atoms with Crippen molar-refractivity contribution in [1.29, 1.82) is 0 Å². The van der Waals surface area contributed by atoms with Crippen molar-refractivity contribution < 1.29 is 9.18 Å². The first kappa shape index (κ1) is 17.3. The van der Waals surface area contributed by atoms with Crippen molar-refractivity contribution >= 4 is 5.91 Å². The Labute approximate surface area is 156 Å². The van der Waals surface area contributed by atoms with E-state index in [1.54, 1.807) is 42.7 Å². The molecular weight excluding hydrogens is 345 g/mol. The zero-order valence-corrected chi connectivity index (χ0v) is 15.0. The minimum atomic E-state index is -0.363. The highest BCUT2D eigenvalue weighted by molar-refractivity contribution is 5.94. The number of aromatic nitrogens is 4. The molecule has 2 aromatic heterocycles. The summed E-state index contributed by atoms with van der Waals surface area (Å²) in [4.78, 5) is 18.8. The van der Waals surface area contributed by atoms with Crippen LogP contribution < -0.4 is 0 Å². The highest BCUT2D eigenvalue weighted by atomic mass is 19.1. The van der Waals surface area contributed by atoms with Crippen molar-refractivity contribution in [3.05, 3.63) is 77.4 Å². The third-order valence-corrected chi connectivity index (χ3v) is 4.98. The summed E-state index contributed by atoms with van der Waals surface area (Å²) in [6.07, 6.45) is 6.87. The van der Waals surface area contributed by atoms with Gasteiger partial charge in [0.25, 0.3) is 5.91 Å². The van der Waals surface area contributed by atoms with E-state index in [2.05, 4.69) is 15.2 Å². The van der Waals surface area contributed by atoms with Gasteiger partial charge in [0.15, 0.2) is 5.82 Å². The van der Waals surface area contributed by atoms with Crippen molar-refractivity contribution in [2.45, 2.75) is 32.4 Å². The number of nitrogens with zero attached hydrogens (tertiary/aromatic N) is 5. The van der Waals surface area contributed by atoms with E-state index in [4.69, 9.17) is 0 Å². The lowest BCUT2D eigenvalue weighted by Gasteiger charge is -2.24. The molecule has 1 aliphatic rings. The summed E-state index contributed by atoms with van der Waals surface area (Å²) in [5, 5.41) is 8.34. The number of halogens is 1. The highest BCUT2D eigenvalue weighted by Crippen LogP contribution is 2.32. The Hall–Kier alpha value is -3.09. The summed E-state index contributed by atoms with van der Waals surface area (Å²) in [7, 11) is 0. The van der Waals surface area contributed by atoms with Crippen molar-refractivity contribution in [3.8, 4) is 0 Å². The Morgan fingerprint density at radius 2 is 2.07 bits per heavy atom. The molecule has 7 heteroatoms. The van der Waals surface area contributed by atoms with Gasteiger partial charge in [-0.3, -0.25) is 9.78 Å². The van der Waals surface area contributed by atoms with E-state index >= 15 is 0 Å². The first-order valence-electron chi connectivity index (χ1n) is 8.97. The first-order valence-corrected chi connectivity index (χ1v) is 8.97. The molecule has 6 nitrogen and oxygen atoms in total. The van der Waals surface area contributed by atoms with E-state index in [0.717, 1.165) is 24.2 Å². The van der Waals surface area contributed by atoms with Crippen LogP contribution in [0.5, 0.6) is 0 Å². The lowest BCUT2D eigenvalue weighted by Crippen LogP contribution is -2.32. The molecule has 1 amide bonds. The van der Waals surface area contributed by atoms with Crippen LogP contribution in [0.2, 0.25) is 0 Å². The Morgan fingerprint density at radius 1 is 1.26 bits per heavy atom. The van der Waals surface area contributed by atoms with E-state index < -0.39 is 0 Å². The molecule has 1 aromatic carbocycles. The molecule has 0 aliphatic carbocycles. The molecule has 0 saturated carbocycles. The maximum absolute atomic E-state index is 13.9. The molecule has 1 aliphatic heterocycles. The quantitative estimate of drug-likeness (QED) is 0.712. The number of carbonyl (C=O) groups excluding carboxylic acids is 1. The summed E-state index contributed by atoms with van der Waals surface area (Å²) < 4.78 is 15.9. The molecule has 4 rings (SSSR count). The molecule has 0 spiro atoms. The number of benzene rings is 1. The lowest BCUT2D eigenvalue weighted by atomic mass is 10.1. The van der Waals surface area contributed by atoms with Gasteiger partial charge in [-0.05, 0) is 55.2 Å². The smallest absolute Gasteiger partial charge is 0.254 e. The molecule has 3 aromatic rings. The van der Waals surface area contributed by atoms with Crippen LogP contribution in [0.1, 0.15) is 46.2 Å². The second-order valence-electron chi connectivity index (χ2n) is 6.79. The van der Waals surface area contributed by atoms with Crippen molar-refractivity contribution in [2.24, 2.45) is 0 Å². The Bertz CT molecular complexity index is 956. The van der Waals surface area contributed by atoms with Gasteiger partial charge in [0.1, 0.15) is 12.1 Å². The van der Waals surface area contributed by atoms with Crippen LogP contribution >= 0.6 is 0 Å². The topological polar surface area (TPSA) is 63.9 Å². The molecule has 0 N–H and O–H groups in total. The first-order chi connectivity index (χ1) is 13.1. The van der Waals surface area contributed by atoms with Crippen molar-refractivity contribution in [3.63, 3.8) is 0 Å². The number of carbonyl (C=O) groups is 1. The Kier molecular flexibility index (Phi) is 4.66. The number of hydrogen-bond acceptors (Lipinski definition) is 4. The fourth-order valence-corrected chi connectivity index (χ4v) is 3.50. The van der Waals surface area contributed by atoms with Crippen LogP contribution in [0.15, 0.2) is 49.1 Å². The van der Waals surface area contributed by atoms with Gasteiger partial charge in [-0.25, -0.2) is 4.39 Å². The van der Waals surface area contributed by atoms with E-state index in [1.165, 1.54) is 6.07 Å². The lowest BCUT2D eigenvalue weighted by molar-refractivity contribution is 0.0727. The standard InChI is InChI=1S/C20H20FN5O/c1-14-4-5-16(11-17(14)21)20(27)26-10-2-3-18(26)19-24-23-13-25(19)12-15-6-8-22-9-7-15/h4-9,11,13,18H,2-3,10,12H2,1H3. The molecule has 0 radical (unpaired) electrons. The predicted octanol–water partition coefficient (Wildman–Crippen LogP) is 3.15. The zero-order chi connectivity index (χ0) is 18.8. The van der Waals surface area contributed by atoms with Crippen molar-refractivity contribution in [2.75, 3.05) is 6.54 Å². The van der Waals surface area contributed by atoms with Crippen LogP contribution in [0.3, 0.4) is 0 Å². The summed E-state index contributed by atoms with van der Waals surface area (Å²) >= 11 is 0. The normalized spacial score (nSPS) is 16.7. The van der Waals surface area contributed by atoms with E-state index in [0.29, 0.717) is 24.2 Å². The van der Waals surface area contributed by atoms with Crippen LogP contribution in [-0.2, 0) is 6.54 Å². The van der Waals surface area contributed by atoms with Gasteiger partial charge < -0.3 is 9.47 Å². The molecule has 1 atom stereocenters. The number of amides is 1. The number of rotatable bonds is 4. The molecule has 1 fully saturated rings. The summed E-state index contributed by atoms with van der Waals surface area (Å²) in [6, 6.07) is 8.35. The van der Waals surface area contributed by atoms with Crippen LogP contribution in [0.25, 0.3) is 0 Å². The fourth-order valence-electron chi connectivity index (χ4n) is 3.50. The van der Waals surface area contributed by atoms with Gasteiger partial charge in [0.2, 0.25) is 0 Å². The largest absolute Gasteiger partial charge is 0.328 e. The molecule has 0 bridgehead atoms. The van der Waals surface area contributed by atoms with Crippen LogP contribution in [-0.4, -0.2) is 37.1 Å². The highest BCUT2D eigenvalue weighted by Gasteiger charge is 2.34. The van der Waals surface area contributed by atoms with Gasteiger partial charge in [0.05, 0.1) is 12.6 Å². The average Bonchev–Trinajstić information content (AvgIpc) is 3.33. The van der Waals surface area contributed by atoms with E-state index in [-0.39, 0.29) is 17.8 Å². The van der Waals surface area contributed by atoms with E-state index in [1.807, 2.05) is 16.7 Å². The third-order valence-electron chi connectivity index (χ3n) is 4.98. The fraction of sp³-hybridized carbons (Fsp3) is 0.300. The maximum Gasteiger partial charge on any atom is 0.254 e. The van der Waals surface area contributed by atoms with Gasteiger partial charge in [-0.2, -0.15) is 0 Å². The zero-order valence-electron chi connectivity index (χ0n) is 15.0. The number of hydrogen-bond donors (Lipinski definition) is 0. The number of pyridine rings is 1. The average molecular weight is 365 g/mol. The Balaban J connectivity index is 1.59. The van der Waals surface area contributed by atoms with Gasteiger partial charge in [-0.1, -0.05) is 6.07 Å². The van der Waals surface area contributed by atoms with Crippen molar-refractivity contribution in [1.82, 2.24) is 24.6 Å². The summed E-state index contributed by atoms with van der Waals surface area (Å²) in [5.41, 5.74) is 1.98. The third kappa shape index (κ3) is 3.45. The predicted molar refractivity (Wildman–Crippen MR) is 97.5 cm³/mol. The number of aryl methyl sites for hydroxylation is 1. The molecule has 1 saturated heterocycles. The van der Waals surface area contributed by atoms with Crippen LogP contribution in [0.4, 0.5) is 4.39 Å². The Morgan fingerprint density at radius 3 is 2.85 bits per heavy atom. The monoisotopic (exact) mass is 365 g/mol. The molecule has 27 heavy (non-hydrogen) atoms. The summed E-state index contributed by atoms with van der Waals surface area (Å²) in [5.74, 6) is 0.220. The molecule has 3 heterocycles. The van der Waals surface area contributed by atoms with Crippen LogP contribution in [0, 0.1) is 12.7 Å². The second-order valence-corrected chi connectivity index (χ2v) is 6.79. The molecule has 138 valence electrons. The molecular formula is C20H20FN5O. The van der Waals surface area contributed by atoms with Gasteiger partial charge in [0, 0.05) is 24.5 Å². The minimum absolute atomic E-state index is 0.161. The SMILES string of the molecule is Cc1ccc(C(=O)N2CCCC2c2nncn2Cc2ccncc2)cc1F. The molecule has 1 unspecified atom stereocenters. The van der Waals surface area contributed by atoms with E-state index in [9.17, 15) is 9.18 Å². The van der Waals surface area contributed by atoms with Gasteiger partial charge in [-0.15, -0.1) is 10.2 Å². The van der Waals surface area contributed by atoms with Gasteiger partial charge >= 0.3 is 0 Å². The summed E-state index contributed by atoms with van der Waals surface area (Å²) in [6.45, 7) is 2.92. The number of likely N-dealkylation sites (tertiary alicyclic amines) is 1. The minimum Gasteiger partial charge on any atom is -0.328 e. The second kappa shape index (κ2) is 7.26.